The Labute approximate surface area is 162 Å². The van der Waals surface area contributed by atoms with Gasteiger partial charge < -0.3 is 9.88 Å². The van der Waals surface area contributed by atoms with E-state index in [0.717, 1.165) is 5.56 Å². The Hall–Kier alpha value is -3.39. The van der Waals surface area contributed by atoms with Crippen LogP contribution in [0.1, 0.15) is 11.6 Å². The van der Waals surface area contributed by atoms with Gasteiger partial charge in [0.2, 0.25) is 5.84 Å². The summed E-state index contributed by atoms with van der Waals surface area (Å²) in [7, 11) is -3.82. The lowest BCUT2D eigenvalue weighted by atomic mass is 10.1. The first-order chi connectivity index (χ1) is 13.5. The van der Waals surface area contributed by atoms with E-state index in [2.05, 4.69) is 15.0 Å². The minimum atomic E-state index is -3.82. The summed E-state index contributed by atoms with van der Waals surface area (Å²) in [6, 6.07) is 19.8. The van der Waals surface area contributed by atoms with Crippen LogP contribution in [-0.2, 0) is 14.8 Å². The van der Waals surface area contributed by atoms with E-state index < -0.39 is 15.9 Å². The van der Waals surface area contributed by atoms with Gasteiger partial charge in [-0.1, -0.05) is 42.5 Å². The van der Waals surface area contributed by atoms with Gasteiger partial charge in [0.1, 0.15) is 4.90 Å². The lowest BCUT2D eigenvalue weighted by molar-refractivity contribution is -0.115. The first-order valence-corrected chi connectivity index (χ1v) is 10.2. The van der Waals surface area contributed by atoms with Crippen molar-refractivity contribution < 1.29 is 13.2 Å². The van der Waals surface area contributed by atoms with Crippen molar-refractivity contribution in [3.8, 4) is 0 Å². The molecule has 2 N–H and O–H groups in total. The standard InChI is InChI=1S/C20H18N4O3S/c25-20(19-22-16-10-4-5-11-18(16)28(26,27)23-19)21-14-17(24-12-6-7-13-24)15-8-2-1-3-9-15/h1-13,17H,14H2,(H,21,25)(H,22,23). The smallest absolute Gasteiger partial charge is 0.287 e. The molecule has 2 heterocycles. The lowest BCUT2D eigenvalue weighted by Crippen LogP contribution is -2.45. The average molecular weight is 394 g/mol. The SMILES string of the molecule is O=C(NCC(c1ccccc1)n1cccc1)C1=Nc2ccccc2S(=O)(=O)N1. The number of nitrogens with zero attached hydrogens (tertiary/aromatic N) is 2. The molecule has 8 heteroatoms. The number of carbonyl (C=O) groups excluding carboxylic acids is 1. The second kappa shape index (κ2) is 7.32. The third-order valence-electron chi connectivity index (χ3n) is 4.46. The number of para-hydroxylation sites is 1. The Balaban J connectivity index is 1.56. The molecule has 0 saturated heterocycles. The topological polar surface area (TPSA) is 92.6 Å². The predicted molar refractivity (Wildman–Crippen MR) is 106 cm³/mol. The molecule has 0 fully saturated rings. The molecule has 28 heavy (non-hydrogen) atoms. The van der Waals surface area contributed by atoms with Crippen molar-refractivity contribution in [2.45, 2.75) is 10.9 Å². The minimum absolute atomic E-state index is 0.0565. The van der Waals surface area contributed by atoms with Crippen molar-refractivity contribution in [3.05, 3.63) is 84.7 Å². The molecule has 0 aliphatic carbocycles. The van der Waals surface area contributed by atoms with Crippen LogP contribution in [0.2, 0.25) is 0 Å². The number of nitrogens with one attached hydrogen (secondary N) is 2. The van der Waals surface area contributed by atoms with Crippen LogP contribution >= 0.6 is 0 Å². The molecule has 1 aliphatic heterocycles. The highest BCUT2D eigenvalue weighted by Gasteiger charge is 2.28. The number of rotatable bonds is 5. The Bertz CT molecular complexity index is 1120. The van der Waals surface area contributed by atoms with Crippen molar-refractivity contribution in [1.29, 1.82) is 0 Å². The quantitative estimate of drug-likeness (QED) is 0.695. The van der Waals surface area contributed by atoms with Gasteiger partial charge in [0.05, 0.1) is 11.7 Å². The minimum Gasteiger partial charge on any atom is -0.347 e. The summed E-state index contributed by atoms with van der Waals surface area (Å²) in [5.74, 6) is -0.816. The normalized spacial score (nSPS) is 15.6. The van der Waals surface area contributed by atoms with Crippen molar-refractivity contribution >= 4 is 27.5 Å². The summed E-state index contributed by atoms with van der Waals surface area (Å²) in [5, 5.41) is 2.79. The zero-order chi connectivity index (χ0) is 19.6. The molecule has 1 atom stereocenters. The van der Waals surface area contributed by atoms with Crippen LogP contribution in [0.25, 0.3) is 0 Å². The van der Waals surface area contributed by atoms with Crippen LogP contribution in [-0.4, -0.2) is 31.3 Å². The van der Waals surface area contributed by atoms with Crippen molar-refractivity contribution in [2.75, 3.05) is 6.54 Å². The van der Waals surface area contributed by atoms with E-state index >= 15 is 0 Å². The molecule has 7 nitrogen and oxygen atoms in total. The zero-order valence-electron chi connectivity index (χ0n) is 14.8. The van der Waals surface area contributed by atoms with E-state index in [4.69, 9.17) is 0 Å². The number of carbonyl (C=O) groups is 1. The molecule has 0 saturated carbocycles. The summed E-state index contributed by atoms with van der Waals surface area (Å²) in [4.78, 5) is 16.8. The molecule has 142 valence electrons. The molecule has 1 unspecified atom stereocenters. The maximum absolute atomic E-state index is 12.6. The Kier molecular flexibility index (Phi) is 4.70. The van der Waals surface area contributed by atoms with E-state index in [1.54, 1.807) is 18.2 Å². The number of fused-ring (bicyclic) bond motifs is 1. The monoisotopic (exact) mass is 394 g/mol. The highest BCUT2D eigenvalue weighted by molar-refractivity contribution is 7.90. The summed E-state index contributed by atoms with van der Waals surface area (Å²) in [6.45, 7) is 0.278. The van der Waals surface area contributed by atoms with Gasteiger partial charge in [-0.25, -0.2) is 13.4 Å². The Morgan fingerprint density at radius 3 is 2.43 bits per heavy atom. The fourth-order valence-corrected chi connectivity index (χ4v) is 4.25. The van der Waals surface area contributed by atoms with Crippen LogP contribution in [0.5, 0.6) is 0 Å². The van der Waals surface area contributed by atoms with Gasteiger partial charge in [0.25, 0.3) is 15.9 Å². The summed E-state index contributed by atoms with van der Waals surface area (Å²) >= 11 is 0. The number of amidine groups is 1. The van der Waals surface area contributed by atoms with E-state index in [1.165, 1.54) is 6.07 Å². The van der Waals surface area contributed by atoms with E-state index in [-0.39, 0.29) is 29.0 Å². The predicted octanol–water partition coefficient (Wildman–Crippen LogP) is 2.22. The third kappa shape index (κ3) is 3.54. The second-order valence-corrected chi connectivity index (χ2v) is 7.95. The van der Waals surface area contributed by atoms with Crippen molar-refractivity contribution in [1.82, 2.24) is 14.6 Å². The number of hydrogen-bond acceptors (Lipinski definition) is 4. The first kappa shape index (κ1) is 18.0. The van der Waals surface area contributed by atoms with Crippen molar-refractivity contribution in [3.63, 3.8) is 0 Å². The molecule has 0 spiro atoms. The van der Waals surface area contributed by atoms with E-state index in [1.807, 2.05) is 59.4 Å². The number of aliphatic imine (C=N–C) groups is 1. The molecular weight excluding hydrogens is 376 g/mol. The average Bonchev–Trinajstić information content (AvgIpc) is 3.23. The maximum atomic E-state index is 12.6. The fraction of sp³-hybridized carbons (Fsp3) is 0.100. The summed E-state index contributed by atoms with van der Waals surface area (Å²) in [6.07, 6.45) is 3.84. The molecular formula is C20H18N4O3S. The zero-order valence-corrected chi connectivity index (χ0v) is 15.6. The first-order valence-electron chi connectivity index (χ1n) is 8.71. The summed E-state index contributed by atoms with van der Waals surface area (Å²) < 4.78 is 29.0. The van der Waals surface area contributed by atoms with Crippen LogP contribution in [0, 0.1) is 0 Å². The largest absolute Gasteiger partial charge is 0.347 e. The molecule has 1 aromatic heterocycles. The van der Waals surface area contributed by atoms with Gasteiger partial charge in [-0.3, -0.25) is 9.52 Å². The van der Waals surface area contributed by atoms with Crippen molar-refractivity contribution in [2.24, 2.45) is 4.99 Å². The van der Waals surface area contributed by atoms with Gasteiger partial charge in [0.15, 0.2) is 0 Å². The number of sulfonamides is 1. The number of aromatic nitrogens is 1. The fourth-order valence-electron chi connectivity index (χ4n) is 3.10. The van der Waals surface area contributed by atoms with E-state index in [9.17, 15) is 13.2 Å². The number of amides is 1. The lowest BCUT2D eigenvalue weighted by Gasteiger charge is -2.21. The van der Waals surface area contributed by atoms with Crippen LogP contribution in [0.15, 0.2) is 89.0 Å². The molecule has 4 rings (SSSR count). The van der Waals surface area contributed by atoms with Crippen LogP contribution < -0.4 is 10.0 Å². The van der Waals surface area contributed by atoms with Gasteiger partial charge in [-0.15, -0.1) is 0 Å². The maximum Gasteiger partial charge on any atom is 0.287 e. The molecule has 0 radical (unpaired) electrons. The van der Waals surface area contributed by atoms with Gasteiger partial charge >= 0.3 is 0 Å². The molecule has 0 bridgehead atoms. The van der Waals surface area contributed by atoms with Crippen LogP contribution in [0.4, 0.5) is 5.69 Å². The second-order valence-electron chi connectivity index (χ2n) is 6.30. The van der Waals surface area contributed by atoms with Crippen LogP contribution in [0.3, 0.4) is 0 Å². The highest BCUT2D eigenvalue weighted by Crippen LogP contribution is 2.26. The van der Waals surface area contributed by atoms with E-state index in [0.29, 0.717) is 0 Å². The van der Waals surface area contributed by atoms with Gasteiger partial charge in [0, 0.05) is 18.9 Å². The van der Waals surface area contributed by atoms with Gasteiger partial charge in [-0.2, -0.15) is 0 Å². The molecule has 1 aliphatic rings. The number of hydrogen-bond donors (Lipinski definition) is 2. The highest BCUT2D eigenvalue weighted by atomic mass is 32.2. The Morgan fingerprint density at radius 1 is 1.00 bits per heavy atom. The summed E-state index contributed by atoms with van der Waals surface area (Å²) in [5.41, 5.74) is 1.27. The Morgan fingerprint density at radius 2 is 1.68 bits per heavy atom. The molecule has 3 aromatic rings. The van der Waals surface area contributed by atoms with Gasteiger partial charge in [-0.05, 0) is 29.8 Å². The molecule has 2 aromatic carbocycles. The third-order valence-corrected chi connectivity index (χ3v) is 5.85. The number of benzene rings is 2. The molecule has 1 amide bonds.